The molecule has 2 aliphatic carbocycles. The Bertz CT molecular complexity index is 1260. The van der Waals surface area contributed by atoms with Crippen molar-refractivity contribution < 1.29 is 4.79 Å². The average molecular weight is 397 g/mol. The van der Waals surface area contributed by atoms with E-state index >= 15 is 0 Å². The Morgan fingerprint density at radius 2 is 1.80 bits per heavy atom. The molecule has 1 amide bonds. The fourth-order valence-electron chi connectivity index (χ4n) is 4.16. The summed E-state index contributed by atoms with van der Waals surface area (Å²) >= 11 is 0. The second-order valence-electron chi connectivity index (χ2n) is 8.42. The van der Waals surface area contributed by atoms with Gasteiger partial charge in [-0.1, -0.05) is 18.2 Å². The second kappa shape index (κ2) is 6.55. The van der Waals surface area contributed by atoms with Gasteiger partial charge in [-0.15, -0.1) is 0 Å². The standard InChI is InChI=1S/C24H23N5O/c1-15(30)25-24-23(28-13-3-2-4-22(28)26-24)18-9-11-19(12-10-18)29-21(17-7-8-17)14-20(27-29)16-5-6-16/h2-4,9-14,16-17H,5-8H2,1H3,(H,25,30). The minimum absolute atomic E-state index is 0.130. The molecule has 1 N–H and O–H groups in total. The molecule has 2 fully saturated rings. The lowest BCUT2D eigenvalue weighted by atomic mass is 10.1. The maximum absolute atomic E-state index is 11.7. The molecule has 0 saturated heterocycles. The average Bonchev–Trinajstić information content (AvgIpc) is 3.68. The lowest BCUT2D eigenvalue weighted by Crippen LogP contribution is -2.07. The number of carbonyl (C=O) groups is 1. The predicted molar refractivity (Wildman–Crippen MR) is 116 cm³/mol. The number of amides is 1. The van der Waals surface area contributed by atoms with Crippen LogP contribution in [0, 0.1) is 0 Å². The Balaban J connectivity index is 1.42. The first kappa shape index (κ1) is 17.4. The largest absolute Gasteiger partial charge is 0.309 e. The van der Waals surface area contributed by atoms with E-state index < -0.39 is 0 Å². The van der Waals surface area contributed by atoms with E-state index in [1.54, 1.807) is 0 Å². The van der Waals surface area contributed by atoms with E-state index in [1.807, 2.05) is 28.8 Å². The normalized spacial score (nSPS) is 16.2. The number of hydrogen-bond donors (Lipinski definition) is 1. The number of pyridine rings is 1. The molecule has 2 aliphatic rings. The molecule has 2 saturated carbocycles. The van der Waals surface area contributed by atoms with Gasteiger partial charge < -0.3 is 5.32 Å². The van der Waals surface area contributed by atoms with E-state index in [1.165, 1.54) is 44.0 Å². The quantitative estimate of drug-likeness (QED) is 0.521. The molecule has 4 aromatic rings. The van der Waals surface area contributed by atoms with Gasteiger partial charge in [-0.25, -0.2) is 9.67 Å². The van der Waals surface area contributed by atoms with Crippen molar-refractivity contribution in [1.29, 1.82) is 0 Å². The van der Waals surface area contributed by atoms with Crippen molar-refractivity contribution in [3.63, 3.8) is 0 Å². The summed E-state index contributed by atoms with van der Waals surface area (Å²) < 4.78 is 4.15. The first-order valence-electron chi connectivity index (χ1n) is 10.6. The topological polar surface area (TPSA) is 64.2 Å². The van der Waals surface area contributed by atoms with Crippen molar-refractivity contribution in [2.24, 2.45) is 0 Å². The van der Waals surface area contributed by atoms with Gasteiger partial charge in [0.05, 0.1) is 17.1 Å². The fourth-order valence-corrected chi connectivity index (χ4v) is 4.16. The Morgan fingerprint density at radius 3 is 2.50 bits per heavy atom. The highest BCUT2D eigenvalue weighted by atomic mass is 16.1. The van der Waals surface area contributed by atoms with Crippen LogP contribution in [0.4, 0.5) is 5.82 Å². The summed E-state index contributed by atoms with van der Waals surface area (Å²) in [5.74, 6) is 1.75. The molecule has 0 spiro atoms. The predicted octanol–water partition coefficient (Wildman–Crippen LogP) is 4.90. The van der Waals surface area contributed by atoms with Crippen LogP contribution in [0.15, 0.2) is 54.7 Å². The zero-order chi connectivity index (χ0) is 20.2. The molecule has 0 aliphatic heterocycles. The van der Waals surface area contributed by atoms with Gasteiger partial charge in [-0.05, 0) is 56.0 Å². The molecule has 3 heterocycles. The zero-order valence-electron chi connectivity index (χ0n) is 16.9. The minimum atomic E-state index is -0.130. The van der Waals surface area contributed by atoms with Crippen molar-refractivity contribution in [3.8, 4) is 16.9 Å². The molecule has 1 aromatic carbocycles. The van der Waals surface area contributed by atoms with Gasteiger partial charge >= 0.3 is 0 Å². The monoisotopic (exact) mass is 397 g/mol. The third-order valence-corrected chi connectivity index (χ3v) is 5.96. The van der Waals surface area contributed by atoms with Crippen LogP contribution in [-0.4, -0.2) is 25.1 Å². The molecule has 0 unspecified atom stereocenters. The minimum Gasteiger partial charge on any atom is -0.309 e. The van der Waals surface area contributed by atoms with Crippen LogP contribution >= 0.6 is 0 Å². The lowest BCUT2D eigenvalue weighted by Gasteiger charge is -2.09. The fraction of sp³-hybridized carbons (Fsp3) is 0.292. The molecule has 0 atom stereocenters. The lowest BCUT2D eigenvalue weighted by molar-refractivity contribution is -0.114. The van der Waals surface area contributed by atoms with E-state index in [0.29, 0.717) is 17.7 Å². The van der Waals surface area contributed by atoms with Crippen molar-refractivity contribution in [1.82, 2.24) is 19.2 Å². The molecule has 150 valence electrons. The highest BCUT2D eigenvalue weighted by molar-refractivity contribution is 5.93. The first-order valence-corrected chi connectivity index (χ1v) is 10.6. The van der Waals surface area contributed by atoms with Gasteiger partial charge in [0.15, 0.2) is 5.82 Å². The number of hydrogen-bond acceptors (Lipinski definition) is 3. The summed E-state index contributed by atoms with van der Waals surface area (Å²) in [7, 11) is 0. The van der Waals surface area contributed by atoms with E-state index in [2.05, 4.69) is 45.3 Å². The second-order valence-corrected chi connectivity index (χ2v) is 8.42. The molecule has 6 nitrogen and oxygen atoms in total. The number of rotatable bonds is 5. The molecule has 6 heteroatoms. The number of benzene rings is 1. The summed E-state index contributed by atoms with van der Waals surface area (Å²) in [6.45, 7) is 1.51. The number of aromatic nitrogens is 4. The summed E-state index contributed by atoms with van der Waals surface area (Å²) in [5.41, 5.74) is 6.37. The summed E-state index contributed by atoms with van der Waals surface area (Å²) in [6, 6.07) is 16.6. The number of nitrogens with one attached hydrogen (secondary N) is 1. The van der Waals surface area contributed by atoms with Crippen LogP contribution in [-0.2, 0) is 4.79 Å². The Hall–Kier alpha value is -3.41. The highest BCUT2D eigenvalue weighted by Crippen LogP contribution is 2.45. The summed E-state index contributed by atoms with van der Waals surface area (Å²) in [5, 5.41) is 7.82. The molecular formula is C24H23N5O. The van der Waals surface area contributed by atoms with Gasteiger partial charge in [-0.3, -0.25) is 9.20 Å². The SMILES string of the molecule is CC(=O)Nc1nc2ccccn2c1-c1ccc(-n2nc(C3CC3)cc2C2CC2)cc1. The number of fused-ring (bicyclic) bond motifs is 1. The van der Waals surface area contributed by atoms with Crippen LogP contribution < -0.4 is 5.32 Å². The van der Waals surface area contributed by atoms with E-state index in [0.717, 1.165) is 22.6 Å². The van der Waals surface area contributed by atoms with Gasteiger partial charge in [-0.2, -0.15) is 5.10 Å². The first-order chi connectivity index (χ1) is 14.7. The number of imidazole rings is 1. The van der Waals surface area contributed by atoms with Gasteiger partial charge in [0.1, 0.15) is 5.65 Å². The molecule has 30 heavy (non-hydrogen) atoms. The van der Waals surface area contributed by atoms with Crippen molar-refractivity contribution in [3.05, 3.63) is 66.1 Å². The van der Waals surface area contributed by atoms with Gasteiger partial charge in [0, 0.05) is 36.2 Å². The van der Waals surface area contributed by atoms with E-state index in [-0.39, 0.29) is 5.91 Å². The van der Waals surface area contributed by atoms with Crippen molar-refractivity contribution >= 4 is 17.4 Å². The maximum atomic E-state index is 11.7. The third-order valence-electron chi connectivity index (χ3n) is 5.96. The van der Waals surface area contributed by atoms with Crippen molar-refractivity contribution in [2.75, 3.05) is 5.32 Å². The van der Waals surface area contributed by atoms with Crippen LogP contribution in [0.3, 0.4) is 0 Å². The Kier molecular flexibility index (Phi) is 3.81. The molecule has 6 rings (SSSR count). The summed E-state index contributed by atoms with van der Waals surface area (Å²) in [4.78, 5) is 16.3. The van der Waals surface area contributed by atoms with Crippen LogP contribution in [0.1, 0.15) is 55.8 Å². The molecule has 0 bridgehead atoms. The summed E-state index contributed by atoms with van der Waals surface area (Å²) in [6.07, 6.45) is 7.02. The van der Waals surface area contributed by atoms with Gasteiger partial charge in [0.25, 0.3) is 0 Å². The van der Waals surface area contributed by atoms with E-state index in [9.17, 15) is 4.79 Å². The van der Waals surface area contributed by atoms with Crippen molar-refractivity contribution in [2.45, 2.75) is 44.4 Å². The highest BCUT2D eigenvalue weighted by Gasteiger charge is 2.33. The van der Waals surface area contributed by atoms with E-state index in [4.69, 9.17) is 5.10 Å². The molecular weight excluding hydrogens is 374 g/mol. The van der Waals surface area contributed by atoms with Gasteiger partial charge in [0.2, 0.25) is 5.91 Å². The van der Waals surface area contributed by atoms with Crippen LogP contribution in [0.25, 0.3) is 22.6 Å². The zero-order valence-corrected chi connectivity index (χ0v) is 16.9. The maximum Gasteiger partial charge on any atom is 0.222 e. The molecule has 0 radical (unpaired) electrons. The number of carbonyl (C=O) groups excluding carboxylic acids is 1. The Labute approximate surface area is 174 Å². The van der Waals surface area contributed by atoms with Crippen LogP contribution in [0.2, 0.25) is 0 Å². The smallest absolute Gasteiger partial charge is 0.222 e. The Morgan fingerprint density at radius 1 is 1.03 bits per heavy atom. The third kappa shape index (κ3) is 3.00. The molecule has 3 aromatic heterocycles. The van der Waals surface area contributed by atoms with Crippen LogP contribution in [0.5, 0.6) is 0 Å². The number of anilines is 1. The number of nitrogens with zero attached hydrogens (tertiary/aromatic N) is 4.